The van der Waals surface area contributed by atoms with Crippen LogP contribution in [0.2, 0.25) is 0 Å². The minimum atomic E-state index is -0.641. The van der Waals surface area contributed by atoms with Gasteiger partial charge in [-0.25, -0.2) is 9.53 Å². The molecule has 1 heterocycles. The molecule has 0 aliphatic carbocycles. The van der Waals surface area contributed by atoms with E-state index < -0.39 is 5.97 Å². The highest BCUT2D eigenvalue weighted by molar-refractivity contribution is 6.20. The van der Waals surface area contributed by atoms with Crippen LogP contribution < -0.4 is 0 Å². The van der Waals surface area contributed by atoms with Crippen molar-refractivity contribution in [3.63, 3.8) is 0 Å². The number of hydrogen-bond donors (Lipinski definition) is 0. The first-order chi connectivity index (χ1) is 10.2. The van der Waals surface area contributed by atoms with Gasteiger partial charge in [-0.15, -0.1) is 0 Å². The van der Waals surface area contributed by atoms with Gasteiger partial charge in [0.2, 0.25) is 0 Å². The second kappa shape index (κ2) is 8.21. The highest BCUT2D eigenvalue weighted by Crippen LogP contribution is 2.12. The number of rotatable bonds is 6. The van der Waals surface area contributed by atoms with E-state index in [0.29, 0.717) is 4.74 Å². The molecule has 2 rings (SSSR count). The van der Waals surface area contributed by atoms with Gasteiger partial charge in [0.15, 0.2) is 6.54 Å². The van der Waals surface area contributed by atoms with Crippen LogP contribution in [0.25, 0.3) is 0 Å². The first kappa shape index (κ1) is 15.3. The van der Waals surface area contributed by atoms with Gasteiger partial charge in [-0.1, -0.05) is 36.4 Å². The van der Waals surface area contributed by atoms with Gasteiger partial charge in [0.25, 0.3) is 6.21 Å². The molecule has 1 atom stereocenters. The maximum Gasteiger partial charge on any atom is 0.396 e. The number of carbonyl (C=O) groups is 1. The lowest BCUT2D eigenvalue weighted by Gasteiger charge is -2.04. The summed E-state index contributed by atoms with van der Waals surface area (Å²) in [7, 11) is 0. The molecule has 1 aromatic carbocycles. The molecule has 112 valence electrons. The molecule has 0 N–H and O–H groups in total. The summed E-state index contributed by atoms with van der Waals surface area (Å²) >= 11 is 0. The highest BCUT2D eigenvalue weighted by atomic mass is 16.5. The number of carbonyl (C=O) groups excluding carboxylic acids is 1. The smallest absolute Gasteiger partial charge is 0.396 e. The van der Waals surface area contributed by atoms with Gasteiger partial charge >= 0.3 is 5.97 Å². The second-order valence-corrected chi connectivity index (χ2v) is 4.80. The van der Waals surface area contributed by atoms with Gasteiger partial charge in [-0.05, 0) is 18.9 Å². The van der Waals surface area contributed by atoms with Crippen molar-refractivity contribution in [1.82, 2.24) is 0 Å². The number of nitrogens with zero attached hydrogens (tertiary/aromatic N) is 1. The van der Waals surface area contributed by atoms with E-state index in [0.717, 1.165) is 31.2 Å². The predicted molar refractivity (Wildman–Crippen MR) is 78.9 cm³/mol. The fourth-order valence-electron chi connectivity index (χ4n) is 2.06. The zero-order chi connectivity index (χ0) is 14.9. The molecule has 0 aromatic heterocycles. The molecule has 1 aliphatic heterocycles. The molecule has 21 heavy (non-hydrogen) atoms. The number of benzene rings is 1. The quantitative estimate of drug-likeness (QED) is 0.201. The molecular weight excluding hydrogens is 270 g/mol. The third-order valence-electron chi connectivity index (χ3n) is 3.07. The van der Waals surface area contributed by atoms with Gasteiger partial charge in [-0.3, -0.25) is 0 Å². The maximum atomic E-state index is 11.6. The average molecular weight is 289 g/mol. The SMILES string of the molecule is O=C(/C=[N+](\[O-])Cc1ccccc1)OC/C=C/C1CCCO1. The maximum absolute atomic E-state index is 11.6. The molecule has 1 fully saturated rings. The van der Waals surface area contributed by atoms with Gasteiger partial charge in [0.05, 0.1) is 6.10 Å². The molecule has 1 saturated heterocycles. The van der Waals surface area contributed by atoms with Crippen LogP contribution in [0.3, 0.4) is 0 Å². The molecular formula is C16H19NO4. The summed E-state index contributed by atoms with van der Waals surface area (Å²) < 4.78 is 10.9. The van der Waals surface area contributed by atoms with E-state index in [-0.39, 0.29) is 19.3 Å². The van der Waals surface area contributed by atoms with Gasteiger partial charge in [-0.2, -0.15) is 0 Å². The summed E-state index contributed by atoms with van der Waals surface area (Å²) in [6.45, 7) is 1.06. The summed E-state index contributed by atoms with van der Waals surface area (Å²) in [5.41, 5.74) is 0.842. The summed E-state index contributed by atoms with van der Waals surface area (Å²) in [6, 6.07) is 9.22. The van der Waals surface area contributed by atoms with Gasteiger partial charge in [0, 0.05) is 12.2 Å². The predicted octanol–water partition coefficient (Wildman–Crippen LogP) is 2.05. The lowest BCUT2D eigenvalue weighted by Crippen LogP contribution is -2.15. The summed E-state index contributed by atoms with van der Waals surface area (Å²) in [5.74, 6) is -0.641. The van der Waals surface area contributed by atoms with E-state index in [1.54, 1.807) is 6.08 Å². The van der Waals surface area contributed by atoms with E-state index >= 15 is 0 Å². The van der Waals surface area contributed by atoms with Crippen LogP contribution in [-0.4, -0.2) is 36.2 Å². The lowest BCUT2D eigenvalue weighted by atomic mass is 10.2. The van der Waals surface area contributed by atoms with E-state index in [2.05, 4.69) is 0 Å². The van der Waals surface area contributed by atoms with Gasteiger partial charge in [0.1, 0.15) is 6.61 Å². The summed E-state index contributed by atoms with van der Waals surface area (Å²) in [6.07, 6.45) is 6.75. The van der Waals surface area contributed by atoms with Crippen molar-refractivity contribution in [2.75, 3.05) is 13.2 Å². The number of hydrogen-bond acceptors (Lipinski definition) is 4. The Hall–Kier alpha value is -2.14. The van der Waals surface area contributed by atoms with Crippen LogP contribution in [0.4, 0.5) is 0 Å². The zero-order valence-electron chi connectivity index (χ0n) is 11.8. The molecule has 5 heteroatoms. The Morgan fingerprint density at radius 3 is 2.95 bits per heavy atom. The van der Waals surface area contributed by atoms with Crippen LogP contribution in [-0.2, 0) is 20.8 Å². The lowest BCUT2D eigenvalue weighted by molar-refractivity contribution is -0.469. The molecule has 0 radical (unpaired) electrons. The third-order valence-corrected chi connectivity index (χ3v) is 3.07. The second-order valence-electron chi connectivity index (χ2n) is 4.80. The molecule has 5 nitrogen and oxygen atoms in total. The van der Waals surface area contributed by atoms with Gasteiger partial charge < -0.3 is 14.7 Å². The van der Waals surface area contributed by atoms with Crippen LogP contribution in [0.5, 0.6) is 0 Å². The summed E-state index contributed by atoms with van der Waals surface area (Å²) in [4.78, 5) is 11.5. The third kappa shape index (κ3) is 5.79. The Labute approximate surface area is 124 Å². The molecule has 0 spiro atoms. The first-order valence-electron chi connectivity index (χ1n) is 7.01. The van der Waals surface area contributed by atoms with E-state index in [4.69, 9.17) is 9.47 Å². The molecule has 0 saturated carbocycles. The fourth-order valence-corrected chi connectivity index (χ4v) is 2.06. The zero-order valence-corrected chi connectivity index (χ0v) is 11.8. The molecule has 1 aliphatic rings. The van der Waals surface area contributed by atoms with Crippen molar-refractivity contribution in [1.29, 1.82) is 0 Å². The monoisotopic (exact) mass is 289 g/mol. The minimum Gasteiger partial charge on any atom is -0.623 e. The molecule has 0 bridgehead atoms. The molecule has 1 aromatic rings. The van der Waals surface area contributed by atoms with Crippen molar-refractivity contribution >= 4 is 12.2 Å². The summed E-state index contributed by atoms with van der Waals surface area (Å²) in [5, 5.41) is 11.6. The normalized spacial score (nSPS) is 19.0. The average Bonchev–Trinajstić information content (AvgIpc) is 2.98. The fraction of sp³-hybridized carbons (Fsp3) is 0.375. The van der Waals surface area contributed by atoms with Crippen molar-refractivity contribution in [3.8, 4) is 0 Å². The topological polar surface area (TPSA) is 61.6 Å². The van der Waals surface area contributed by atoms with E-state index in [1.807, 2.05) is 36.4 Å². The van der Waals surface area contributed by atoms with Crippen molar-refractivity contribution in [2.24, 2.45) is 0 Å². The van der Waals surface area contributed by atoms with Crippen LogP contribution in [0.15, 0.2) is 42.5 Å². The number of ether oxygens (including phenoxy) is 2. The Morgan fingerprint density at radius 2 is 2.24 bits per heavy atom. The van der Waals surface area contributed by atoms with Crippen LogP contribution in [0.1, 0.15) is 18.4 Å². The van der Waals surface area contributed by atoms with Crippen LogP contribution >= 0.6 is 0 Å². The van der Waals surface area contributed by atoms with Crippen molar-refractivity contribution < 1.29 is 19.0 Å². The standard InChI is InChI=1S/C16H19NO4/c18-16(21-11-5-9-15-8-4-10-20-15)13-17(19)12-14-6-2-1-3-7-14/h1-3,5-7,9,13,15H,4,8,10-12H2/b9-5+,17-13-. The Kier molecular flexibility index (Phi) is 5.97. The van der Waals surface area contributed by atoms with E-state index in [1.165, 1.54) is 0 Å². The Balaban J connectivity index is 1.71. The Bertz CT molecular complexity index is 504. The highest BCUT2D eigenvalue weighted by Gasteiger charge is 2.11. The van der Waals surface area contributed by atoms with E-state index in [9.17, 15) is 10.0 Å². The number of esters is 1. The first-order valence-corrected chi connectivity index (χ1v) is 7.01. The van der Waals surface area contributed by atoms with Crippen molar-refractivity contribution in [3.05, 3.63) is 53.3 Å². The van der Waals surface area contributed by atoms with Crippen LogP contribution in [0, 0.1) is 5.21 Å². The van der Waals surface area contributed by atoms with Crippen molar-refractivity contribution in [2.45, 2.75) is 25.5 Å². The Morgan fingerprint density at radius 1 is 1.43 bits per heavy atom. The molecule has 0 amide bonds. The number of hydroxylamine groups is 1. The largest absolute Gasteiger partial charge is 0.623 e. The minimum absolute atomic E-state index is 0.127. The molecule has 1 unspecified atom stereocenters.